The molecule has 0 saturated heterocycles. The summed E-state index contributed by atoms with van der Waals surface area (Å²) in [6.45, 7) is 1.24. The average molecular weight is 492 g/mol. The number of sulfonamides is 1. The number of aromatic nitrogens is 3. The molecule has 0 aliphatic heterocycles. The number of hydrogen-bond acceptors (Lipinski definition) is 8. The van der Waals surface area contributed by atoms with Gasteiger partial charge < -0.3 is 4.90 Å². The highest BCUT2D eigenvalue weighted by atomic mass is 32.2. The van der Waals surface area contributed by atoms with Crippen molar-refractivity contribution in [3.63, 3.8) is 0 Å². The Labute approximate surface area is 192 Å². The first-order valence-corrected chi connectivity index (χ1v) is 13.6. The van der Waals surface area contributed by atoms with Crippen LogP contribution in [0.2, 0.25) is 0 Å². The number of nitrogens with zero attached hydrogens (tertiary/aromatic N) is 4. The lowest BCUT2D eigenvalue weighted by atomic mass is 9.86. The zero-order valence-electron chi connectivity index (χ0n) is 18.2. The van der Waals surface area contributed by atoms with Gasteiger partial charge in [0, 0.05) is 25.3 Å². The molecule has 1 aromatic carbocycles. The molecule has 4 rings (SSSR count). The zero-order valence-corrected chi connectivity index (χ0v) is 19.9. The minimum absolute atomic E-state index is 0.0115. The van der Waals surface area contributed by atoms with Crippen LogP contribution in [-0.2, 0) is 30.6 Å². The summed E-state index contributed by atoms with van der Waals surface area (Å²) in [6, 6.07) is 10.4. The molecule has 176 valence electrons. The van der Waals surface area contributed by atoms with Gasteiger partial charge in [-0.25, -0.2) is 35.5 Å². The highest BCUT2D eigenvalue weighted by Crippen LogP contribution is 2.32. The maximum absolute atomic E-state index is 13.0. The molecule has 0 unspecified atom stereocenters. The molecule has 0 atom stereocenters. The highest BCUT2D eigenvalue weighted by molar-refractivity contribution is 7.90. The highest BCUT2D eigenvalue weighted by Gasteiger charge is 2.36. The number of carbonyl (C=O) groups excluding carboxylic acids is 1. The van der Waals surface area contributed by atoms with Crippen molar-refractivity contribution in [2.75, 3.05) is 17.7 Å². The summed E-state index contributed by atoms with van der Waals surface area (Å²) in [4.78, 5) is 21.6. The van der Waals surface area contributed by atoms with Crippen molar-refractivity contribution in [3.8, 4) is 0 Å². The van der Waals surface area contributed by atoms with Crippen LogP contribution in [0.3, 0.4) is 0 Å². The van der Waals surface area contributed by atoms with Gasteiger partial charge in [0.15, 0.2) is 5.65 Å². The van der Waals surface area contributed by atoms with Gasteiger partial charge in [0.1, 0.15) is 23.7 Å². The van der Waals surface area contributed by atoms with Gasteiger partial charge in [0.05, 0.1) is 11.1 Å². The minimum Gasteiger partial charge on any atom is -0.356 e. The van der Waals surface area contributed by atoms with E-state index in [0.29, 0.717) is 35.3 Å². The molecule has 0 spiro atoms. The SMILES string of the molecule is CC(=O)CS(=O)(=O)NC1CC(N(C)c2ncnc3c2ccn3S(=O)(=O)Cc2ccccc2)C1. The number of nitrogens with one attached hydrogen (secondary N) is 1. The number of anilines is 1. The van der Waals surface area contributed by atoms with Crippen molar-refractivity contribution in [1.82, 2.24) is 18.7 Å². The molecule has 0 amide bonds. The molecule has 1 fully saturated rings. The Kier molecular flexibility index (Phi) is 6.25. The molecule has 2 aromatic heterocycles. The van der Waals surface area contributed by atoms with Gasteiger partial charge in [-0.15, -0.1) is 0 Å². The standard InChI is InChI=1S/C21H25N5O5S2/c1-15(27)12-32(28,29)24-17-10-18(11-17)25(2)20-19-8-9-26(21(19)23-14-22-20)33(30,31)13-16-6-4-3-5-7-16/h3-9,14,17-18,24H,10-13H2,1-2H3. The maximum atomic E-state index is 13.0. The van der Waals surface area contributed by atoms with E-state index < -0.39 is 31.6 Å². The van der Waals surface area contributed by atoms with Crippen molar-refractivity contribution < 1.29 is 21.6 Å². The van der Waals surface area contributed by atoms with Crippen molar-refractivity contribution in [2.24, 2.45) is 0 Å². The van der Waals surface area contributed by atoms with Crippen LogP contribution in [0.4, 0.5) is 5.82 Å². The summed E-state index contributed by atoms with van der Waals surface area (Å²) in [5.41, 5.74) is 0.972. The first-order valence-electron chi connectivity index (χ1n) is 10.4. The van der Waals surface area contributed by atoms with Gasteiger partial charge in [0.25, 0.3) is 0 Å². The predicted molar refractivity (Wildman–Crippen MR) is 125 cm³/mol. The lowest BCUT2D eigenvalue weighted by Crippen LogP contribution is -2.53. The summed E-state index contributed by atoms with van der Waals surface area (Å²) in [5, 5.41) is 0.595. The average Bonchev–Trinajstić information content (AvgIpc) is 3.14. The molecule has 1 N–H and O–H groups in total. The summed E-state index contributed by atoms with van der Waals surface area (Å²) in [7, 11) is -5.49. The molecule has 0 bridgehead atoms. The monoisotopic (exact) mass is 491 g/mol. The lowest BCUT2D eigenvalue weighted by Gasteiger charge is -2.41. The fourth-order valence-electron chi connectivity index (χ4n) is 4.01. The Morgan fingerprint density at radius 1 is 1.12 bits per heavy atom. The van der Waals surface area contributed by atoms with E-state index in [4.69, 9.17) is 0 Å². The van der Waals surface area contributed by atoms with Crippen LogP contribution >= 0.6 is 0 Å². The molecule has 3 aromatic rings. The number of rotatable bonds is 9. The first-order chi connectivity index (χ1) is 15.6. The van der Waals surface area contributed by atoms with Crippen LogP contribution in [0, 0.1) is 0 Å². The van der Waals surface area contributed by atoms with Crippen LogP contribution < -0.4 is 9.62 Å². The zero-order chi connectivity index (χ0) is 23.8. The molecule has 1 aliphatic carbocycles. The van der Waals surface area contributed by atoms with Crippen molar-refractivity contribution in [3.05, 3.63) is 54.5 Å². The van der Waals surface area contributed by atoms with E-state index in [2.05, 4.69) is 14.7 Å². The van der Waals surface area contributed by atoms with E-state index >= 15 is 0 Å². The van der Waals surface area contributed by atoms with Crippen LogP contribution in [0.25, 0.3) is 11.0 Å². The van der Waals surface area contributed by atoms with Crippen molar-refractivity contribution in [1.29, 1.82) is 0 Å². The molecule has 2 heterocycles. The number of benzene rings is 1. The second-order valence-corrected chi connectivity index (χ2v) is 11.9. The Morgan fingerprint density at radius 3 is 2.48 bits per heavy atom. The summed E-state index contributed by atoms with van der Waals surface area (Å²) < 4.78 is 53.7. The quantitative estimate of drug-likeness (QED) is 0.474. The molecular formula is C21H25N5O5S2. The summed E-state index contributed by atoms with van der Waals surface area (Å²) >= 11 is 0. The number of Topliss-reactive ketones (excluding diaryl/α,β-unsaturated/α-hetero) is 1. The van der Waals surface area contributed by atoms with E-state index in [1.807, 2.05) is 18.0 Å². The lowest BCUT2D eigenvalue weighted by molar-refractivity contribution is -0.114. The topological polar surface area (TPSA) is 131 Å². The molecule has 1 aliphatic rings. The van der Waals surface area contributed by atoms with E-state index in [0.717, 1.165) is 0 Å². The van der Waals surface area contributed by atoms with E-state index in [9.17, 15) is 21.6 Å². The smallest absolute Gasteiger partial charge is 0.244 e. The third kappa shape index (κ3) is 5.07. The van der Waals surface area contributed by atoms with Gasteiger partial charge in [0.2, 0.25) is 20.0 Å². The number of carbonyl (C=O) groups is 1. The van der Waals surface area contributed by atoms with Crippen molar-refractivity contribution >= 4 is 42.7 Å². The minimum atomic E-state index is -3.69. The molecule has 10 nitrogen and oxygen atoms in total. The third-order valence-electron chi connectivity index (χ3n) is 5.65. The first kappa shape index (κ1) is 23.3. The molecule has 0 radical (unpaired) electrons. The second kappa shape index (κ2) is 8.84. The summed E-state index contributed by atoms with van der Waals surface area (Å²) in [5.74, 6) is -0.520. The van der Waals surface area contributed by atoms with Gasteiger partial charge in [-0.05, 0) is 31.4 Å². The van der Waals surface area contributed by atoms with Crippen LogP contribution in [0.1, 0.15) is 25.3 Å². The Morgan fingerprint density at radius 2 is 1.82 bits per heavy atom. The molecule has 33 heavy (non-hydrogen) atoms. The normalized spacial score (nSPS) is 18.7. The van der Waals surface area contributed by atoms with Crippen LogP contribution in [0.15, 0.2) is 48.9 Å². The second-order valence-electron chi connectivity index (χ2n) is 8.30. The van der Waals surface area contributed by atoms with Gasteiger partial charge in [-0.1, -0.05) is 30.3 Å². The van der Waals surface area contributed by atoms with Crippen LogP contribution in [-0.4, -0.2) is 61.4 Å². The van der Waals surface area contributed by atoms with E-state index in [-0.39, 0.29) is 17.8 Å². The maximum Gasteiger partial charge on any atom is 0.244 e. The Balaban J connectivity index is 1.51. The fourth-order valence-corrected chi connectivity index (χ4v) is 6.74. The number of ketones is 1. The van der Waals surface area contributed by atoms with Gasteiger partial charge in [-0.3, -0.25) is 4.79 Å². The predicted octanol–water partition coefficient (Wildman–Crippen LogP) is 1.29. The molecule has 1 saturated carbocycles. The van der Waals surface area contributed by atoms with E-state index in [1.54, 1.807) is 30.3 Å². The molecule has 12 heteroatoms. The fraction of sp³-hybridized carbons (Fsp3) is 0.381. The molecular weight excluding hydrogens is 466 g/mol. The van der Waals surface area contributed by atoms with Gasteiger partial charge in [-0.2, -0.15) is 0 Å². The summed E-state index contributed by atoms with van der Waals surface area (Å²) in [6.07, 6.45) is 3.90. The Bertz CT molecular complexity index is 1380. The number of hydrogen-bond donors (Lipinski definition) is 1. The van der Waals surface area contributed by atoms with Crippen molar-refractivity contribution in [2.45, 2.75) is 37.6 Å². The number of fused-ring (bicyclic) bond motifs is 1. The third-order valence-corrected chi connectivity index (χ3v) is 8.72. The van der Waals surface area contributed by atoms with Crippen LogP contribution in [0.5, 0.6) is 0 Å². The largest absolute Gasteiger partial charge is 0.356 e. The van der Waals surface area contributed by atoms with E-state index in [1.165, 1.54) is 23.4 Å². The Hall–Kier alpha value is -2.83. The van der Waals surface area contributed by atoms with Gasteiger partial charge >= 0.3 is 0 Å².